The van der Waals surface area contributed by atoms with Gasteiger partial charge in [-0.15, -0.1) is 0 Å². The molecule has 2 aromatic carbocycles. The number of halogens is 1. The van der Waals surface area contributed by atoms with Gasteiger partial charge in [0.25, 0.3) is 5.91 Å². The van der Waals surface area contributed by atoms with Gasteiger partial charge in [-0.1, -0.05) is 18.7 Å². The molecular weight excluding hydrogens is 481 g/mol. The molecule has 38 heavy (non-hydrogen) atoms. The molecule has 2 N–H and O–H groups in total. The van der Waals surface area contributed by atoms with Crippen molar-refractivity contribution in [2.45, 2.75) is 38.0 Å². The number of hydrogen-bond acceptors (Lipinski definition) is 4. The highest BCUT2D eigenvalue weighted by Gasteiger charge is 2.30. The Bertz CT molecular complexity index is 1570. The first kappa shape index (κ1) is 24.0. The Morgan fingerprint density at radius 2 is 1.92 bits per heavy atom. The van der Waals surface area contributed by atoms with Crippen molar-refractivity contribution in [1.82, 2.24) is 19.9 Å². The van der Waals surface area contributed by atoms with E-state index >= 15 is 0 Å². The maximum absolute atomic E-state index is 14.9. The molecule has 0 radical (unpaired) electrons. The van der Waals surface area contributed by atoms with E-state index in [2.05, 4.69) is 26.8 Å². The largest absolute Gasteiger partial charge is 0.346 e. The monoisotopic (exact) mass is 509 g/mol. The van der Waals surface area contributed by atoms with Gasteiger partial charge in [0.15, 0.2) is 0 Å². The number of rotatable bonds is 6. The van der Waals surface area contributed by atoms with Gasteiger partial charge in [-0.2, -0.15) is 0 Å². The van der Waals surface area contributed by atoms with Crippen LogP contribution in [0.25, 0.3) is 22.3 Å². The predicted molar refractivity (Wildman–Crippen MR) is 145 cm³/mol. The van der Waals surface area contributed by atoms with Crippen LogP contribution >= 0.6 is 0 Å². The molecule has 1 aliphatic carbocycles. The summed E-state index contributed by atoms with van der Waals surface area (Å²) >= 11 is 0. The summed E-state index contributed by atoms with van der Waals surface area (Å²) in [5.41, 5.74) is 5.66. The molecule has 192 valence electrons. The highest BCUT2D eigenvalue weighted by atomic mass is 19.1. The van der Waals surface area contributed by atoms with Crippen LogP contribution < -0.4 is 5.32 Å². The minimum absolute atomic E-state index is 0.0871. The molecular formula is C30H28FN5O2. The van der Waals surface area contributed by atoms with Crippen LogP contribution in [-0.4, -0.2) is 44.8 Å². The van der Waals surface area contributed by atoms with Crippen LogP contribution in [0.3, 0.4) is 0 Å². The molecule has 4 aromatic rings. The van der Waals surface area contributed by atoms with E-state index in [0.717, 1.165) is 17.4 Å². The van der Waals surface area contributed by atoms with Crippen molar-refractivity contribution < 1.29 is 14.0 Å². The Kier molecular flexibility index (Phi) is 6.02. The molecule has 1 aliphatic heterocycles. The van der Waals surface area contributed by atoms with Gasteiger partial charge in [0.05, 0.1) is 5.69 Å². The fourth-order valence-corrected chi connectivity index (χ4v) is 5.43. The SMILES string of the molecule is C=CC(=O)N1CCC(c2c[nH]c3ncnc(-c4cc(F)cc(NC(=O)c5ccc(C6CC6)cc5)c4C)c23)C1. The number of likely N-dealkylation sites (tertiary alicyclic amines) is 1. The number of anilines is 1. The molecule has 1 unspecified atom stereocenters. The van der Waals surface area contributed by atoms with E-state index in [0.29, 0.717) is 52.7 Å². The van der Waals surface area contributed by atoms with Crippen LogP contribution in [0.4, 0.5) is 10.1 Å². The second-order valence-electron chi connectivity index (χ2n) is 10.1. The van der Waals surface area contributed by atoms with Gasteiger partial charge in [-0.3, -0.25) is 9.59 Å². The zero-order valence-corrected chi connectivity index (χ0v) is 21.1. The Balaban J connectivity index is 1.34. The standard InChI is InChI=1S/C30H28FN5O2/c1-3-26(37)36-11-10-21(15-36)24-14-32-29-27(24)28(33-16-34-29)23-12-22(31)13-25(17(23)2)35-30(38)20-8-6-19(7-9-20)18-4-5-18/h3,6-9,12-14,16,18,21H,1,4-5,10-11,15H2,2H3,(H,35,38)(H,32,33,34). The zero-order valence-electron chi connectivity index (χ0n) is 21.1. The number of hydrogen-bond donors (Lipinski definition) is 2. The van der Waals surface area contributed by atoms with E-state index in [1.54, 1.807) is 4.90 Å². The summed E-state index contributed by atoms with van der Waals surface area (Å²) in [6, 6.07) is 10.4. The van der Waals surface area contributed by atoms with Crippen LogP contribution in [0, 0.1) is 12.7 Å². The summed E-state index contributed by atoms with van der Waals surface area (Å²) in [6.07, 6.45) is 7.87. The van der Waals surface area contributed by atoms with Crippen LogP contribution in [0.15, 0.2) is 61.6 Å². The van der Waals surface area contributed by atoms with Crippen molar-refractivity contribution in [3.63, 3.8) is 0 Å². The van der Waals surface area contributed by atoms with Crippen molar-refractivity contribution in [1.29, 1.82) is 0 Å². The van der Waals surface area contributed by atoms with E-state index in [1.807, 2.05) is 37.4 Å². The van der Waals surface area contributed by atoms with Crippen LogP contribution in [0.5, 0.6) is 0 Å². The second-order valence-corrected chi connectivity index (χ2v) is 10.1. The molecule has 6 rings (SSSR count). The molecule has 2 aromatic heterocycles. The summed E-state index contributed by atoms with van der Waals surface area (Å²) in [4.78, 5) is 39.1. The molecule has 0 spiro atoms. The first-order chi connectivity index (χ1) is 18.4. The predicted octanol–water partition coefficient (Wildman–Crippen LogP) is 5.70. The second kappa shape index (κ2) is 9.52. The van der Waals surface area contributed by atoms with E-state index in [1.165, 1.54) is 42.9 Å². The number of benzene rings is 2. The van der Waals surface area contributed by atoms with Gasteiger partial charge in [0.2, 0.25) is 5.91 Å². The Hall–Kier alpha value is -4.33. The molecule has 2 aliphatic rings. The minimum Gasteiger partial charge on any atom is -0.346 e. The normalized spacial score (nSPS) is 17.1. The van der Waals surface area contributed by atoms with Crippen molar-refractivity contribution in [2.24, 2.45) is 0 Å². The lowest BCUT2D eigenvalue weighted by molar-refractivity contribution is -0.125. The first-order valence-corrected chi connectivity index (χ1v) is 12.9. The quantitative estimate of drug-likeness (QED) is 0.326. The fourth-order valence-electron chi connectivity index (χ4n) is 5.43. The third kappa shape index (κ3) is 4.36. The molecule has 2 amide bonds. The number of aromatic nitrogens is 3. The average Bonchev–Trinajstić information content (AvgIpc) is 3.50. The third-order valence-corrected chi connectivity index (χ3v) is 7.71. The molecule has 2 fully saturated rings. The highest BCUT2D eigenvalue weighted by Crippen LogP contribution is 2.40. The van der Waals surface area contributed by atoms with Crippen LogP contribution in [-0.2, 0) is 4.79 Å². The van der Waals surface area contributed by atoms with E-state index in [4.69, 9.17) is 0 Å². The van der Waals surface area contributed by atoms with Crippen LogP contribution in [0.1, 0.15) is 58.1 Å². The summed E-state index contributed by atoms with van der Waals surface area (Å²) in [5, 5.41) is 3.69. The van der Waals surface area contributed by atoms with E-state index in [9.17, 15) is 14.0 Å². The Morgan fingerprint density at radius 3 is 2.66 bits per heavy atom. The van der Waals surface area contributed by atoms with Crippen LogP contribution in [0.2, 0.25) is 0 Å². The number of amides is 2. The lowest BCUT2D eigenvalue weighted by Crippen LogP contribution is -2.26. The first-order valence-electron chi connectivity index (χ1n) is 12.9. The summed E-state index contributed by atoms with van der Waals surface area (Å²) < 4.78 is 14.9. The molecule has 1 saturated heterocycles. The zero-order chi connectivity index (χ0) is 26.4. The van der Waals surface area contributed by atoms with Gasteiger partial charge in [-0.25, -0.2) is 14.4 Å². The van der Waals surface area contributed by atoms with Crippen molar-refractivity contribution in [3.05, 3.63) is 89.6 Å². The summed E-state index contributed by atoms with van der Waals surface area (Å²) in [7, 11) is 0. The topological polar surface area (TPSA) is 91.0 Å². The summed E-state index contributed by atoms with van der Waals surface area (Å²) in [5.74, 6) is -0.160. The van der Waals surface area contributed by atoms with Crippen molar-refractivity contribution in [2.75, 3.05) is 18.4 Å². The van der Waals surface area contributed by atoms with Gasteiger partial charge in [-0.05, 0) is 79.1 Å². The third-order valence-electron chi connectivity index (χ3n) is 7.71. The molecule has 1 saturated carbocycles. The maximum atomic E-state index is 14.9. The van der Waals surface area contributed by atoms with Crippen molar-refractivity contribution in [3.8, 4) is 11.3 Å². The average molecular weight is 510 g/mol. The smallest absolute Gasteiger partial charge is 0.255 e. The number of H-pyrrole nitrogens is 1. The molecule has 7 nitrogen and oxygen atoms in total. The molecule has 1 atom stereocenters. The van der Waals surface area contributed by atoms with Gasteiger partial charge in [0, 0.05) is 47.4 Å². The summed E-state index contributed by atoms with van der Waals surface area (Å²) in [6.45, 7) is 6.65. The van der Waals surface area contributed by atoms with Gasteiger partial charge in [0.1, 0.15) is 17.8 Å². The van der Waals surface area contributed by atoms with Gasteiger partial charge >= 0.3 is 0 Å². The number of nitrogens with one attached hydrogen (secondary N) is 2. The van der Waals surface area contributed by atoms with Gasteiger partial charge < -0.3 is 15.2 Å². The lowest BCUT2D eigenvalue weighted by atomic mass is 9.94. The number of fused-ring (bicyclic) bond motifs is 1. The lowest BCUT2D eigenvalue weighted by Gasteiger charge is -2.16. The Morgan fingerprint density at radius 1 is 1.13 bits per heavy atom. The highest BCUT2D eigenvalue weighted by molar-refractivity contribution is 6.05. The minimum atomic E-state index is -0.475. The number of carbonyl (C=O) groups excluding carboxylic acids is 2. The number of carbonyl (C=O) groups is 2. The molecule has 0 bridgehead atoms. The van der Waals surface area contributed by atoms with Crippen molar-refractivity contribution >= 4 is 28.5 Å². The fraction of sp³-hybridized carbons (Fsp3) is 0.267. The van der Waals surface area contributed by atoms with E-state index < -0.39 is 5.82 Å². The number of nitrogens with zero attached hydrogens (tertiary/aromatic N) is 3. The molecule has 8 heteroatoms. The number of aromatic amines is 1. The Labute approximate surface area is 219 Å². The maximum Gasteiger partial charge on any atom is 0.255 e. The molecule has 3 heterocycles. The van der Waals surface area contributed by atoms with E-state index in [-0.39, 0.29) is 17.7 Å².